The number of anilines is 1. The second-order valence-corrected chi connectivity index (χ2v) is 7.46. The Kier molecular flexibility index (Phi) is 4.93. The molecule has 1 fully saturated rings. The van der Waals surface area contributed by atoms with E-state index in [0.29, 0.717) is 11.3 Å². The summed E-state index contributed by atoms with van der Waals surface area (Å²) in [6.45, 7) is 0. The number of aromatic amines is 2. The molecule has 1 aliphatic carbocycles. The molecule has 9 nitrogen and oxygen atoms in total. The van der Waals surface area contributed by atoms with Crippen molar-refractivity contribution in [1.82, 2.24) is 19.7 Å². The smallest absolute Gasteiger partial charge is 0.349 e. The Bertz CT molecular complexity index is 1250. The van der Waals surface area contributed by atoms with Crippen LogP contribution in [0.1, 0.15) is 30.7 Å². The molecule has 1 saturated carbocycles. The Morgan fingerprint density at radius 1 is 1.10 bits per heavy atom. The third-order valence-electron chi connectivity index (χ3n) is 4.75. The van der Waals surface area contributed by atoms with E-state index in [1.807, 2.05) is 4.98 Å². The lowest BCUT2D eigenvalue weighted by Crippen LogP contribution is -2.33. The van der Waals surface area contributed by atoms with Crippen LogP contribution in [0.2, 0.25) is 10.0 Å². The number of nitrogens with two attached hydrogens (primary N) is 1. The number of nitrogens with zero attached hydrogens (tertiary/aromatic N) is 2. The molecule has 0 saturated heterocycles. The summed E-state index contributed by atoms with van der Waals surface area (Å²) < 4.78 is 6.66. The van der Waals surface area contributed by atoms with Gasteiger partial charge < -0.3 is 15.5 Å². The van der Waals surface area contributed by atoms with Crippen LogP contribution in [0, 0.1) is 0 Å². The van der Waals surface area contributed by atoms with Gasteiger partial charge in [0.25, 0.3) is 11.1 Å². The molecule has 3 aromatic rings. The third kappa shape index (κ3) is 3.66. The Morgan fingerprint density at radius 3 is 2.41 bits per heavy atom. The maximum Gasteiger partial charge on any atom is 0.349 e. The first kappa shape index (κ1) is 19.3. The van der Waals surface area contributed by atoms with E-state index in [4.69, 9.17) is 33.7 Å². The second-order valence-electron chi connectivity index (χ2n) is 6.64. The Morgan fingerprint density at radius 2 is 1.79 bits per heavy atom. The van der Waals surface area contributed by atoms with Gasteiger partial charge in [-0.05, 0) is 37.0 Å². The van der Waals surface area contributed by atoms with E-state index in [2.05, 4.69) is 10.1 Å². The van der Waals surface area contributed by atoms with E-state index in [-0.39, 0.29) is 38.8 Å². The average molecular weight is 436 g/mol. The van der Waals surface area contributed by atoms with Crippen LogP contribution in [0.15, 0.2) is 38.8 Å². The first-order valence-electron chi connectivity index (χ1n) is 8.72. The zero-order valence-corrected chi connectivity index (χ0v) is 16.4. The average Bonchev–Trinajstić information content (AvgIpc) is 2.62. The Labute approximate surface area is 173 Å². The van der Waals surface area contributed by atoms with Crippen molar-refractivity contribution in [3.8, 4) is 17.2 Å². The molecule has 0 radical (unpaired) electrons. The summed E-state index contributed by atoms with van der Waals surface area (Å²) in [6.07, 6.45) is 4.45. The quantitative estimate of drug-likeness (QED) is 0.575. The first-order valence-corrected chi connectivity index (χ1v) is 9.48. The fraction of sp³-hybridized carbons (Fsp3) is 0.222. The molecule has 0 amide bonds. The molecule has 4 N–H and O–H groups in total. The number of nitrogens with one attached hydrogen (secondary N) is 2. The molecule has 4 rings (SSSR count). The standard InChI is InChI=1S/C18H15Cl2N5O4/c19-12-4-9(25-18(28)23-17(27)15(21)24-25)5-13(20)14(12)29-10-6-11(8-2-1-3-8)16(26)22-7-10/h4-8H,1-3H2,(H2,21,24)(H,22,26)(H,23,27,28). The predicted octanol–water partition coefficient (Wildman–Crippen LogP) is 2.56. The lowest BCUT2D eigenvalue weighted by atomic mass is 9.80. The van der Waals surface area contributed by atoms with Crippen LogP contribution in [0.25, 0.3) is 5.69 Å². The Hall–Kier alpha value is -3.04. The fourth-order valence-electron chi connectivity index (χ4n) is 3.03. The van der Waals surface area contributed by atoms with Gasteiger partial charge in [0.1, 0.15) is 5.75 Å². The van der Waals surface area contributed by atoms with Crippen molar-refractivity contribution < 1.29 is 4.74 Å². The van der Waals surface area contributed by atoms with Gasteiger partial charge in [-0.2, -0.15) is 4.68 Å². The molecular weight excluding hydrogens is 421 g/mol. The van der Waals surface area contributed by atoms with E-state index in [1.54, 1.807) is 6.07 Å². The number of H-pyrrole nitrogens is 2. The highest BCUT2D eigenvalue weighted by Crippen LogP contribution is 2.39. The lowest BCUT2D eigenvalue weighted by molar-refractivity contribution is 0.412. The molecule has 0 aliphatic heterocycles. The number of hydrogen-bond donors (Lipinski definition) is 3. The van der Waals surface area contributed by atoms with Crippen molar-refractivity contribution in [3.05, 3.63) is 71.2 Å². The largest absolute Gasteiger partial charge is 0.453 e. The summed E-state index contributed by atoms with van der Waals surface area (Å²) in [5, 5.41) is 3.93. The summed E-state index contributed by atoms with van der Waals surface area (Å²) in [5.74, 6) is 0.369. The molecule has 1 aliphatic rings. The Balaban J connectivity index is 1.70. The van der Waals surface area contributed by atoms with E-state index >= 15 is 0 Å². The minimum Gasteiger partial charge on any atom is -0.453 e. The van der Waals surface area contributed by atoms with Crippen molar-refractivity contribution in [1.29, 1.82) is 0 Å². The van der Waals surface area contributed by atoms with Gasteiger partial charge in [-0.3, -0.25) is 14.6 Å². The molecule has 0 unspecified atom stereocenters. The molecule has 2 aromatic heterocycles. The highest BCUT2D eigenvalue weighted by Gasteiger charge is 2.23. The first-order chi connectivity index (χ1) is 13.8. The molecule has 0 bridgehead atoms. The van der Waals surface area contributed by atoms with Crippen LogP contribution in [0.4, 0.5) is 5.82 Å². The van der Waals surface area contributed by atoms with Crippen LogP contribution in [0.5, 0.6) is 11.5 Å². The van der Waals surface area contributed by atoms with Crippen LogP contribution in [0.3, 0.4) is 0 Å². The zero-order valence-electron chi connectivity index (χ0n) is 14.9. The maximum atomic E-state index is 12.0. The van der Waals surface area contributed by atoms with Crippen molar-refractivity contribution in [2.24, 2.45) is 0 Å². The summed E-state index contributed by atoms with van der Waals surface area (Å²) in [5.41, 5.74) is 4.60. The summed E-state index contributed by atoms with van der Waals surface area (Å²) in [6, 6.07) is 4.47. The van der Waals surface area contributed by atoms with Gasteiger partial charge in [-0.1, -0.05) is 29.6 Å². The summed E-state index contributed by atoms with van der Waals surface area (Å²) >= 11 is 12.6. The van der Waals surface area contributed by atoms with Gasteiger partial charge >= 0.3 is 5.69 Å². The minimum absolute atomic E-state index is 0.0994. The monoisotopic (exact) mass is 435 g/mol. The van der Waals surface area contributed by atoms with Gasteiger partial charge in [-0.15, -0.1) is 5.10 Å². The maximum absolute atomic E-state index is 12.0. The second kappa shape index (κ2) is 7.41. The van der Waals surface area contributed by atoms with Crippen molar-refractivity contribution in [3.63, 3.8) is 0 Å². The van der Waals surface area contributed by atoms with E-state index in [0.717, 1.165) is 23.9 Å². The number of rotatable bonds is 4. The molecule has 0 spiro atoms. The normalized spacial score (nSPS) is 13.9. The van der Waals surface area contributed by atoms with E-state index in [1.165, 1.54) is 18.3 Å². The van der Waals surface area contributed by atoms with Crippen molar-refractivity contribution in [2.75, 3.05) is 5.73 Å². The van der Waals surface area contributed by atoms with Gasteiger partial charge in [0, 0.05) is 11.8 Å². The molecular formula is C18H15Cl2N5O4. The highest BCUT2D eigenvalue weighted by molar-refractivity contribution is 6.37. The zero-order chi connectivity index (χ0) is 20.7. The molecule has 11 heteroatoms. The van der Waals surface area contributed by atoms with E-state index < -0.39 is 11.2 Å². The SMILES string of the molecule is Nc1nn(-c2cc(Cl)c(Oc3c[nH]c(=O)c(C4CCC4)c3)c(Cl)c2)c(=O)[nH]c1=O. The topological polar surface area (TPSA) is 136 Å². The third-order valence-corrected chi connectivity index (χ3v) is 5.31. The number of nitrogen functional groups attached to an aromatic ring is 1. The van der Waals surface area contributed by atoms with Crippen LogP contribution in [-0.4, -0.2) is 19.7 Å². The molecule has 150 valence electrons. The van der Waals surface area contributed by atoms with Gasteiger partial charge in [0.15, 0.2) is 5.75 Å². The summed E-state index contributed by atoms with van der Waals surface area (Å²) in [4.78, 5) is 40.1. The highest BCUT2D eigenvalue weighted by atomic mass is 35.5. The molecule has 0 atom stereocenters. The molecule has 1 aromatic carbocycles. The number of aromatic nitrogens is 4. The fourth-order valence-corrected chi connectivity index (χ4v) is 3.59. The number of pyridine rings is 1. The number of ether oxygens (including phenoxy) is 1. The molecule has 29 heavy (non-hydrogen) atoms. The van der Waals surface area contributed by atoms with Crippen molar-refractivity contribution >= 4 is 29.0 Å². The summed E-state index contributed by atoms with van der Waals surface area (Å²) in [7, 11) is 0. The van der Waals surface area contributed by atoms with Crippen LogP contribution >= 0.6 is 23.2 Å². The van der Waals surface area contributed by atoms with Crippen LogP contribution in [-0.2, 0) is 0 Å². The van der Waals surface area contributed by atoms with E-state index in [9.17, 15) is 14.4 Å². The van der Waals surface area contributed by atoms with Gasteiger partial charge in [0.2, 0.25) is 5.82 Å². The van der Waals surface area contributed by atoms with Crippen molar-refractivity contribution in [2.45, 2.75) is 25.2 Å². The van der Waals surface area contributed by atoms with Gasteiger partial charge in [0.05, 0.1) is 15.7 Å². The number of benzene rings is 1. The van der Waals surface area contributed by atoms with Crippen LogP contribution < -0.4 is 27.3 Å². The van der Waals surface area contributed by atoms with Gasteiger partial charge in [-0.25, -0.2) is 4.79 Å². The lowest BCUT2D eigenvalue weighted by Gasteiger charge is -2.25. The predicted molar refractivity (Wildman–Crippen MR) is 109 cm³/mol. The number of halogens is 2. The minimum atomic E-state index is -0.796. The number of hydrogen-bond acceptors (Lipinski definition) is 6. The molecule has 2 heterocycles.